The van der Waals surface area contributed by atoms with Crippen LogP contribution in [0.2, 0.25) is 0 Å². The van der Waals surface area contributed by atoms with E-state index in [1.54, 1.807) is 4.90 Å². The largest absolute Gasteiger partial charge is 0.340 e. The summed E-state index contributed by atoms with van der Waals surface area (Å²) in [6, 6.07) is 18.1. The average molecular weight is 381 g/mol. The van der Waals surface area contributed by atoms with Gasteiger partial charge in [-0.1, -0.05) is 60.3 Å². The third kappa shape index (κ3) is 4.39. The third-order valence-electron chi connectivity index (χ3n) is 4.42. The molecule has 0 bridgehead atoms. The van der Waals surface area contributed by atoms with Gasteiger partial charge in [-0.05, 0) is 38.0 Å². The number of carbonyl (C=O) groups is 1. The lowest BCUT2D eigenvalue weighted by molar-refractivity contribution is -0.129. The first-order chi connectivity index (χ1) is 13.0. The van der Waals surface area contributed by atoms with Crippen LogP contribution in [-0.4, -0.2) is 37.9 Å². The van der Waals surface area contributed by atoms with Gasteiger partial charge in [0.15, 0.2) is 5.16 Å². The lowest BCUT2D eigenvalue weighted by Crippen LogP contribution is -2.33. The van der Waals surface area contributed by atoms with Gasteiger partial charge in [0.25, 0.3) is 0 Å². The maximum Gasteiger partial charge on any atom is 0.235 e. The van der Waals surface area contributed by atoms with Crippen LogP contribution in [-0.2, 0) is 11.3 Å². The van der Waals surface area contributed by atoms with Gasteiger partial charge < -0.3 is 4.90 Å². The van der Waals surface area contributed by atoms with Gasteiger partial charge in [-0.15, -0.1) is 10.2 Å². The van der Waals surface area contributed by atoms with Crippen molar-refractivity contribution >= 4 is 17.7 Å². The second kappa shape index (κ2) is 8.39. The maximum atomic E-state index is 12.8. The number of nitrogens with zero attached hydrogens (tertiary/aromatic N) is 4. The van der Waals surface area contributed by atoms with Crippen molar-refractivity contribution in [1.29, 1.82) is 0 Å². The molecular weight excluding hydrogens is 356 g/mol. The van der Waals surface area contributed by atoms with Crippen LogP contribution < -0.4 is 0 Å². The number of amides is 1. The molecule has 0 saturated carbocycles. The van der Waals surface area contributed by atoms with Crippen molar-refractivity contribution in [3.05, 3.63) is 71.5 Å². The number of aryl methyl sites for hydroxylation is 2. The van der Waals surface area contributed by atoms with Crippen molar-refractivity contribution in [2.24, 2.45) is 0 Å². The molecule has 0 fully saturated rings. The summed E-state index contributed by atoms with van der Waals surface area (Å²) in [7, 11) is 1.84. The third-order valence-corrected chi connectivity index (χ3v) is 5.45. The summed E-state index contributed by atoms with van der Waals surface area (Å²) in [4.78, 5) is 14.6. The minimum atomic E-state index is -0.259. The minimum absolute atomic E-state index is 0.0702. The standard InChI is InChI=1S/C21H24N4OS/c1-15-10-8-9-13-19(15)25-17(3)22-23-21(25)27-16(2)20(26)24(4)14-18-11-6-5-7-12-18/h5-13,16H,14H2,1-4H3. The molecule has 140 valence electrons. The molecule has 1 amide bonds. The highest BCUT2D eigenvalue weighted by Crippen LogP contribution is 2.27. The second-order valence-electron chi connectivity index (χ2n) is 6.59. The van der Waals surface area contributed by atoms with E-state index in [-0.39, 0.29) is 11.2 Å². The summed E-state index contributed by atoms with van der Waals surface area (Å²) >= 11 is 1.44. The maximum absolute atomic E-state index is 12.8. The predicted octanol–water partition coefficient (Wildman–Crippen LogP) is 4.02. The lowest BCUT2D eigenvalue weighted by atomic mass is 10.2. The van der Waals surface area contributed by atoms with Crippen LogP contribution in [0.1, 0.15) is 23.9 Å². The molecular formula is C21H24N4OS. The summed E-state index contributed by atoms with van der Waals surface area (Å²) in [5.74, 6) is 0.880. The number of thioether (sulfide) groups is 1. The van der Waals surface area contributed by atoms with Crippen molar-refractivity contribution < 1.29 is 4.79 Å². The highest BCUT2D eigenvalue weighted by Gasteiger charge is 2.23. The number of hydrogen-bond donors (Lipinski definition) is 0. The number of para-hydroxylation sites is 1. The van der Waals surface area contributed by atoms with E-state index >= 15 is 0 Å². The topological polar surface area (TPSA) is 51.0 Å². The van der Waals surface area contributed by atoms with Crippen molar-refractivity contribution in [2.45, 2.75) is 37.7 Å². The lowest BCUT2D eigenvalue weighted by Gasteiger charge is -2.21. The van der Waals surface area contributed by atoms with Gasteiger partial charge in [-0.3, -0.25) is 9.36 Å². The molecule has 27 heavy (non-hydrogen) atoms. The molecule has 5 nitrogen and oxygen atoms in total. The number of aromatic nitrogens is 3. The van der Waals surface area contributed by atoms with E-state index in [0.29, 0.717) is 6.54 Å². The van der Waals surface area contributed by atoms with Crippen molar-refractivity contribution in [1.82, 2.24) is 19.7 Å². The number of carbonyl (C=O) groups excluding carboxylic acids is 1. The highest BCUT2D eigenvalue weighted by atomic mass is 32.2. The molecule has 0 spiro atoms. The molecule has 0 N–H and O–H groups in total. The Balaban J connectivity index is 1.76. The SMILES string of the molecule is Cc1ccccc1-n1c(C)nnc1SC(C)C(=O)N(C)Cc1ccccc1. The molecule has 2 aromatic carbocycles. The van der Waals surface area contributed by atoms with E-state index in [1.165, 1.54) is 11.8 Å². The van der Waals surface area contributed by atoms with Crippen molar-refractivity contribution in [2.75, 3.05) is 7.05 Å². The predicted molar refractivity (Wildman–Crippen MR) is 109 cm³/mol. The van der Waals surface area contributed by atoms with E-state index < -0.39 is 0 Å². The Morgan fingerprint density at radius 2 is 1.74 bits per heavy atom. The van der Waals surface area contributed by atoms with Gasteiger partial charge in [-0.25, -0.2) is 0 Å². The Morgan fingerprint density at radius 1 is 1.07 bits per heavy atom. The van der Waals surface area contributed by atoms with Gasteiger partial charge in [0.1, 0.15) is 5.82 Å². The van der Waals surface area contributed by atoms with Crippen LogP contribution in [0.15, 0.2) is 59.8 Å². The van der Waals surface area contributed by atoms with Crippen LogP contribution in [0.5, 0.6) is 0 Å². The minimum Gasteiger partial charge on any atom is -0.340 e. The Kier molecular flexibility index (Phi) is 5.96. The molecule has 0 aliphatic rings. The number of rotatable bonds is 6. The molecule has 1 heterocycles. The molecule has 1 unspecified atom stereocenters. The van der Waals surface area contributed by atoms with E-state index in [2.05, 4.69) is 23.2 Å². The quantitative estimate of drug-likeness (QED) is 0.606. The van der Waals surface area contributed by atoms with Gasteiger partial charge in [0.2, 0.25) is 5.91 Å². The van der Waals surface area contributed by atoms with Crippen LogP contribution in [0, 0.1) is 13.8 Å². The summed E-state index contributed by atoms with van der Waals surface area (Å²) < 4.78 is 2.01. The van der Waals surface area contributed by atoms with Gasteiger partial charge in [0.05, 0.1) is 10.9 Å². The average Bonchev–Trinajstić information content (AvgIpc) is 3.02. The van der Waals surface area contributed by atoms with Crippen LogP contribution in [0.3, 0.4) is 0 Å². The van der Waals surface area contributed by atoms with Crippen LogP contribution in [0.25, 0.3) is 5.69 Å². The van der Waals surface area contributed by atoms with Crippen molar-refractivity contribution in [3.63, 3.8) is 0 Å². The molecule has 3 rings (SSSR count). The molecule has 6 heteroatoms. The fraction of sp³-hybridized carbons (Fsp3) is 0.286. The van der Waals surface area contributed by atoms with E-state index in [9.17, 15) is 4.79 Å². The zero-order valence-corrected chi connectivity index (χ0v) is 16.9. The molecule has 0 aliphatic carbocycles. The first-order valence-corrected chi connectivity index (χ1v) is 9.79. The van der Waals surface area contributed by atoms with E-state index in [4.69, 9.17) is 0 Å². The summed E-state index contributed by atoms with van der Waals surface area (Å²) in [6.07, 6.45) is 0. The Morgan fingerprint density at radius 3 is 2.44 bits per heavy atom. The zero-order chi connectivity index (χ0) is 19.4. The number of benzene rings is 2. The van der Waals surface area contributed by atoms with Gasteiger partial charge in [-0.2, -0.15) is 0 Å². The normalized spacial score (nSPS) is 12.0. The van der Waals surface area contributed by atoms with Crippen LogP contribution >= 0.6 is 11.8 Å². The van der Waals surface area contributed by atoms with E-state index in [1.807, 2.05) is 74.0 Å². The summed E-state index contributed by atoms with van der Waals surface area (Å²) in [5, 5.41) is 9.00. The second-order valence-corrected chi connectivity index (χ2v) is 7.90. The fourth-order valence-corrected chi connectivity index (χ4v) is 3.99. The Bertz CT molecular complexity index is 923. The molecule has 1 aromatic heterocycles. The Labute approximate surface area is 164 Å². The Hall–Kier alpha value is -2.60. The summed E-state index contributed by atoms with van der Waals surface area (Å²) in [5.41, 5.74) is 3.30. The van der Waals surface area contributed by atoms with E-state index in [0.717, 1.165) is 27.8 Å². The molecule has 1 atom stereocenters. The number of hydrogen-bond acceptors (Lipinski definition) is 4. The smallest absolute Gasteiger partial charge is 0.235 e. The molecule has 3 aromatic rings. The fourth-order valence-electron chi connectivity index (χ4n) is 2.97. The highest BCUT2D eigenvalue weighted by molar-refractivity contribution is 8.00. The van der Waals surface area contributed by atoms with Gasteiger partial charge >= 0.3 is 0 Å². The zero-order valence-electron chi connectivity index (χ0n) is 16.1. The summed E-state index contributed by atoms with van der Waals surface area (Å²) in [6.45, 7) is 6.50. The van der Waals surface area contributed by atoms with Crippen LogP contribution in [0.4, 0.5) is 0 Å². The molecule has 0 saturated heterocycles. The first kappa shape index (κ1) is 19.2. The monoisotopic (exact) mass is 380 g/mol. The first-order valence-electron chi connectivity index (χ1n) is 8.91. The molecule has 0 aliphatic heterocycles. The van der Waals surface area contributed by atoms with Gasteiger partial charge in [0, 0.05) is 13.6 Å². The van der Waals surface area contributed by atoms with Crippen molar-refractivity contribution in [3.8, 4) is 5.69 Å². The molecule has 0 radical (unpaired) electrons.